The largest absolute Gasteiger partial charge is 0.396 e. The number of hydrogen-bond donors (Lipinski definition) is 1. The summed E-state index contributed by atoms with van der Waals surface area (Å²) >= 11 is 0. The van der Waals surface area contributed by atoms with E-state index in [1.807, 2.05) is 13.8 Å². The molecule has 0 bridgehead atoms. The Kier molecular flexibility index (Phi) is 4.68. The first-order chi connectivity index (χ1) is 8.52. The zero-order valence-corrected chi connectivity index (χ0v) is 12.0. The van der Waals surface area contributed by atoms with E-state index in [0.717, 1.165) is 6.42 Å². The molecule has 1 heterocycles. The number of aliphatic hydroxyl groups is 1. The topological polar surface area (TPSA) is 38.7 Å². The molecule has 2 rings (SSSR count). The van der Waals surface area contributed by atoms with E-state index < -0.39 is 5.79 Å². The molecule has 0 spiro atoms. The van der Waals surface area contributed by atoms with E-state index in [1.165, 1.54) is 32.1 Å². The smallest absolute Gasteiger partial charge is 0.163 e. The zero-order valence-electron chi connectivity index (χ0n) is 12.0. The highest BCUT2D eigenvalue weighted by Gasteiger charge is 2.40. The van der Waals surface area contributed by atoms with Crippen LogP contribution in [0.15, 0.2) is 0 Å². The van der Waals surface area contributed by atoms with Gasteiger partial charge in [-0.05, 0) is 32.6 Å². The number of hydrogen-bond acceptors (Lipinski definition) is 3. The second-order valence-corrected chi connectivity index (χ2v) is 6.51. The van der Waals surface area contributed by atoms with Crippen LogP contribution in [0.2, 0.25) is 0 Å². The molecule has 3 nitrogen and oxygen atoms in total. The van der Waals surface area contributed by atoms with Crippen LogP contribution in [0.4, 0.5) is 0 Å². The Balaban J connectivity index is 2.01. The lowest BCUT2D eigenvalue weighted by Gasteiger charge is -2.45. The van der Waals surface area contributed by atoms with E-state index in [4.69, 9.17) is 9.47 Å². The van der Waals surface area contributed by atoms with E-state index in [-0.39, 0.29) is 18.6 Å². The van der Waals surface area contributed by atoms with Crippen molar-refractivity contribution in [1.29, 1.82) is 0 Å². The summed E-state index contributed by atoms with van der Waals surface area (Å²) in [6, 6.07) is 0. The van der Waals surface area contributed by atoms with Crippen LogP contribution in [-0.2, 0) is 9.47 Å². The van der Waals surface area contributed by atoms with Crippen LogP contribution < -0.4 is 0 Å². The molecule has 0 aromatic carbocycles. The minimum atomic E-state index is -0.505. The highest BCUT2D eigenvalue weighted by Crippen LogP contribution is 2.38. The lowest BCUT2D eigenvalue weighted by Crippen LogP contribution is -2.49. The van der Waals surface area contributed by atoms with Crippen LogP contribution in [0.3, 0.4) is 0 Å². The van der Waals surface area contributed by atoms with Crippen LogP contribution in [0.5, 0.6) is 0 Å². The quantitative estimate of drug-likeness (QED) is 0.843. The highest BCUT2D eigenvalue weighted by molar-refractivity contribution is 4.84. The van der Waals surface area contributed by atoms with Gasteiger partial charge in [-0.3, -0.25) is 0 Å². The molecule has 2 fully saturated rings. The third kappa shape index (κ3) is 3.46. The first-order valence-electron chi connectivity index (χ1n) is 7.48. The van der Waals surface area contributed by atoms with Gasteiger partial charge in [-0.1, -0.05) is 26.2 Å². The Morgan fingerprint density at radius 3 is 2.44 bits per heavy atom. The van der Waals surface area contributed by atoms with Crippen molar-refractivity contribution < 1.29 is 14.6 Å². The molecule has 2 unspecified atom stereocenters. The average molecular weight is 256 g/mol. The molecule has 2 aliphatic rings. The minimum absolute atomic E-state index is 0.130. The van der Waals surface area contributed by atoms with Gasteiger partial charge in [0.2, 0.25) is 0 Å². The van der Waals surface area contributed by atoms with Gasteiger partial charge in [-0.25, -0.2) is 0 Å². The summed E-state index contributed by atoms with van der Waals surface area (Å²) in [5.41, 5.74) is 0. The second-order valence-electron chi connectivity index (χ2n) is 6.51. The molecule has 3 atom stereocenters. The van der Waals surface area contributed by atoms with Crippen LogP contribution in [0.25, 0.3) is 0 Å². The molecule has 106 valence electrons. The fourth-order valence-corrected chi connectivity index (χ4v) is 3.34. The number of ether oxygens (including phenoxy) is 2. The lowest BCUT2D eigenvalue weighted by atomic mass is 9.81. The summed E-state index contributed by atoms with van der Waals surface area (Å²) in [5, 5.41) is 9.33. The molecule has 18 heavy (non-hydrogen) atoms. The summed E-state index contributed by atoms with van der Waals surface area (Å²) in [6.07, 6.45) is 8.02. The fraction of sp³-hybridized carbons (Fsp3) is 1.00. The summed E-state index contributed by atoms with van der Waals surface area (Å²) in [7, 11) is 0. The molecule has 1 aliphatic carbocycles. The first-order valence-corrected chi connectivity index (χ1v) is 7.48. The van der Waals surface area contributed by atoms with Gasteiger partial charge in [0.05, 0.1) is 12.2 Å². The molecule has 1 N–H and O–H groups in total. The van der Waals surface area contributed by atoms with Crippen LogP contribution in [0.1, 0.15) is 59.3 Å². The van der Waals surface area contributed by atoms with Crippen molar-refractivity contribution >= 4 is 0 Å². The predicted octanol–water partition coefficient (Wildman–Crippen LogP) is 3.11. The van der Waals surface area contributed by atoms with E-state index in [1.54, 1.807) is 0 Å². The van der Waals surface area contributed by atoms with Gasteiger partial charge in [-0.15, -0.1) is 0 Å². The Labute approximate surface area is 111 Å². The van der Waals surface area contributed by atoms with E-state index in [0.29, 0.717) is 12.0 Å². The zero-order chi connectivity index (χ0) is 13.2. The van der Waals surface area contributed by atoms with Crippen molar-refractivity contribution in [2.45, 2.75) is 77.3 Å². The Morgan fingerprint density at radius 2 is 1.83 bits per heavy atom. The Bertz CT molecular complexity index is 258. The summed E-state index contributed by atoms with van der Waals surface area (Å²) in [6.45, 7) is 6.25. The van der Waals surface area contributed by atoms with Gasteiger partial charge < -0.3 is 14.6 Å². The van der Waals surface area contributed by atoms with Crippen molar-refractivity contribution in [2.75, 3.05) is 6.61 Å². The Hall–Kier alpha value is -0.120. The van der Waals surface area contributed by atoms with E-state index in [9.17, 15) is 5.11 Å². The second kappa shape index (κ2) is 5.89. The van der Waals surface area contributed by atoms with Gasteiger partial charge in [0, 0.05) is 18.9 Å². The minimum Gasteiger partial charge on any atom is -0.396 e. The van der Waals surface area contributed by atoms with Crippen molar-refractivity contribution in [3.05, 3.63) is 0 Å². The standard InChI is InChI=1S/C15H28O3/c1-11(10-16)13-9-14(18-15(2,3)17-13)12-7-5-4-6-8-12/h11-14,16H,4-10H2,1-3H3/t11-,13?,14?/m0/s1. The maximum atomic E-state index is 9.33. The lowest BCUT2D eigenvalue weighted by molar-refractivity contribution is -0.317. The van der Waals surface area contributed by atoms with Gasteiger partial charge in [0.1, 0.15) is 0 Å². The predicted molar refractivity (Wildman–Crippen MR) is 71.3 cm³/mol. The summed E-state index contributed by atoms with van der Waals surface area (Å²) < 4.78 is 12.1. The van der Waals surface area contributed by atoms with Gasteiger partial charge in [0.15, 0.2) is 5.79 Å². The molecule has 1 saturated carbocycles. The van der Waals surface area contributed by atoms with Crippen molar-refractivity contribution in [1.82, 2.24) is 0 Å². The monoisotopic (exact) mass is 256 g/mol. The van der Waals surface area contributed by atoms with Crippen molar-refractivity contribution in [3.63, 3.8) is 0 Å². The van der Waals surface area contributed by atoms with Gasteiger partial charge in [-0.2, -0.15) is 0 Å². The SMILES string of the molecule is C[C@@H](CO)C1CC(C2CCCCC2)OC(C)(C)O1. The van der Waals surface area contributed by atoms with Crippen LogP contribution in [-0.4, -0.2) is 29.7 Å². The third-order valence-electron chi connectivity index (χ3n) is 4.43. The third-order valence-corrected chi connectivity index (χ3v) is 4.43. The van der Waals surface area contributed by atoms with E-state index in [2.05, 4.69) is 6.92 Å². The number of aliphatic hydroxyl groups excluding tert-OH is 1. The van der Waals surface area contributed by atoms with Crippen LogP contribution >= 0.6 is 0 Å². The summed E-state index contributed by atoms with van der Waals surface area (Å²) in [4.78, 5) is 0. The van der Waals surface area contributed by atoms with Gasteiger partial charge in [0.25, 0.3) is 0 Å². The molecular weight excluding hydrogens is 228 g/mol. The molecule has 0 aromatic heterocycles. The molecule has 1 aliphatic heterocycles. The molecule has 1 saturated heterocycles. The maximum absolute atomic E-state index is 9.33. The van der Waals surface area contributed by atoms with Crippen molar-refractivity contribution in [3.8, 4) is 0 Å². The normalized spacial score (nSPS) is 35.3. The maximum Gasteiger partial charge on any atom is 0.163 e. The number of rotatable bonds is 3. The fourth-order valence-electron chi connectivity index (χ4n) is 3.34. The first kappa shape index (κ1) is 14.3. The average Bonchev–Trinajstić information content (AvgIpc) is 2.37. The molecule has 0 aromatic rings. The highest BCUT2D eigenvalue weighted by atomic mass is 16.7. The van der Waals surface area contributed by atoms with Crippen LogP contribution in [0, 0.1) is 11.8 Å². The molecular formula is C15H28O3. The Morgan fingerprint density at radius 1 is 1.17 bits per heavy atom. The van der Waals surface area contributed by atoms with Crippen molar-refractivity contribution in [2.24, 2.45) is 11.8 Å². The molecule has 3 heteroatoms. The van der Waals surface area contributed by atoms with Gasteiger partial charge >= 0.3 is 0 Å². The molecule has 0 radical (unpaired) electrons. The molecule has 0 amide bonds. The van der Waals surface area contributed by atoms with E-state index >= 15 is 0 Å². The summed E-state index contributed by atoms with van der Waals surface area (Å²) in [5.74, 6) is 0.378.